The van der Waals surface area contributed by atoms with E-state index in [9.17, 15) is 19.7 Å². The number of anilines is 1. The molecule has 3 aromatic carbocycles. The van der Waals surface area contributed by atoms with Crippen molar-refractivity contribution in [1.29, 1.82) is 0 Å². The normalized spacial score (nSPS) is 10.7. The predicted octanol–water partition coefficient (Wildman–Crippen LogP) is 5.55. The monoisotopic (exact) mass is 608 g/mol. The number of ether oxygens (including phenoxy) is 1. The Labute approximate surface area is 215 Å². The Kier molecular flexibility index (Phi) is 8.74. The second-order valence-electron chi connectivity index (χ2n) is 6.63. The van der Waals surface area contributed by atoms with E-state index in [1.54, 1.807) is 36.4 Å². The summed E-state index contributed by atoms with van der Waals surface area (Å²) in [5, 5.41) is 17.7. The molecule has 0 heterocycles. The summed E-state index contributed by atoms with van der Waals surface area (Å²) < 4.78 is 6.72. The van der Waals surface area contributed by atoms with Gasteiger partial charge in [0.15, 0.2) is 6.61 Å². The van der Waals surface area contributed by atoms with Crippen molar-refractivity contribution in [2.75, 3.05) is 11.9 Å². The van der Waals surface area contributed by atoms with Crippen LogP contribution in [0.15, 0.2) is 74.7 Å². The second kappa shape index (κ2) is 11.7. The number of carbonyl (C=O) groups excluding carboxylic acids is 2. The van der Waals surface area contributed by atoms with Gasteiger partial charge in [-0.25, -0.2) is 5.43 Å². The zero-order valence-corrected chi connectivity index (χ0v) is 21.1. The minimum Gasteiger partial charge on any atom is -0.481 e. The van der Waals surface area contributed by atoms with Crippen LogP contribution in [0.25, 0.3) is 0 Å². The maximum atomic E-state index is 12.2. The predicted molar refractivity (Wildman–Crippen MR) is 136 cm³/mol. The molecule has 3 aromatic rings. The van der Waals surface area contributed by atoms with Crippen LogP contribution in [-0.2, 0) is 4.79 Å². The highest BCUT2D eigenvalue weighted by Crippen LogP contribution is 2.34. The van der Waals surface area contributed by atoms with Gasteiger partial charge in [0.2, 0.25) is 0 Å². The highest BCUT2D eigenvalue weighted by atomic mass is 79.9. The number of nitrogens with zero attached hydrogens (tertiary/aromatic N) is 2. The minimum absolute atomic E-state index is 0.113. The van der Waals surface area contributed by atoms with Gasteiger partial charge in [0.25, 0.3) is 17.5 Å². The number of hydrazone groups is 1. The first-order chi connectivity index (χ1) is 16.2. The Morgan fingerprint density at radius 2 is 1.74 bits per heavy atom. The Balaban J connectivity index is 1.58. The molecule has 2 N–H and O–H groups in total. The molecule has 0 unspecified atom stereocenters. The number of rotatable bonds is 8. The average molecular weight is 611 g/mol. The summed E-state index contributed by atoms with van der Waals surface area (Å²) in [7, 11) is 0. The number of benzene rings is 3. The van der Waals surface area contributed by atoms with Crippen molar-refractivity contribution in [3.8, 4) is 5.75 Å². The molecule has 0 saturated heterocycles. The van der Waals surface area contributed by atoms with E-state index < -0.39 is 10.8 Å². The van der Waals surface area contributed by atoms with Crippen molar-refractivity contribution in [1.82, 2.24) is 5.43 Å². The SMILES string of the molecule is O=C(COc1c(Br)cc(/C=N/NC(=O)c2ccc([N+](=O)[O-])cc2)cc1Br)Nc1ccccc1Cl. The molecule has 0 atom stereocenters. The molecular formula is C22H15Br2ClN4O5. The van der Waals surface area contributed by atoms with Crippen molar-refractivity contribution in [3.05, 3.63) is 95.9 Å². The van der Waals surface area contributed by atoms with Gasteiger partial charge in [0, 0.05) is 17.7 Å². The molecule has 0 aliphatic heterocycles. The van der Waals surface area contributed by atoms with E-state index in [0.717, 1.165) is 0 Å². The van der Waals surface area contributed by atoms with Crippen LogP contribution in [0.2, 0.25) is 5.02 Å². The number of halogens is 3. The largest absolute Gasteiger partial charge is 0.481 e. The Morgan fingerprint density at radius 3 is 2.35 bits per heavy atom. The van der Waals surface area contributed by atoms with Crippen LogP contribution in [0.4, 0.5) is 11.4 Å². The summed E-state index contributed by atoms with van der Waals surface area (Å²) in [6.07, 6.45) is 1.41. The first-order valence-corrected chi connectivity index (χ1v) is 11.4. The third-order valence-electron chi connectivity index (χ3n) is 4.24. The van der Waals surface area contributed by atoms with Crippen molar-refractivity contribution in [3.63, 3.8) is 0 Å². The van der Waals surface area contributed by atoms with Crippen LogP contribution in [0.5, 0.6) is 5.75 Å². The van der Waals surface area contributed by atoms with Crippen LogP contribution in [-0.4, -0.2) is 29.6 Å². The van der Waals surface area contributed by atoms with E-state index >= 15 is 0 Å². The molecule has 3 rings (SSSR count). The van der Waals surface area contributed by atoms with Gasteiger partial charge in [-0.3, -0.25) is 19.7 Å². The lowest BCUT2D eigenvalue weighted by atomic mass is 10.2. The maximum absolute atomic E-state index is 12.2. The standard InChI is InChI=1S/C22H15Br2ClN4O5/c23-16-9-13(11-26-28-22(31)14-5-7-15(8-6-14)29(32)33)10-17(24)21(16)34-12-20(30)27-19-4-2-1-3-18(19)25/h1-11H,12H2,(H,27,30)(H,28,31)/b26-11+. The van der Waals surface area contributed by atoms with Crippen molar-refractivity contribution < 1.29 is 19.2 Å². The average Bonchev–Trinajstić information content (AvgIpc) is 2.80. The number of amides is 2. The lowest BCUT2D eigenvalue weighted by Gasteiger charge is -2.12. The van der Waals surface area contributed by atoms with E-state index in [2.05, 4.69) is 47.7 Å². The fraction of sp³-hybridized carbons (Fsp3) is 0.0455. The quantitative estimate of drug-likeness (QED) is 0.197. The van der Waals surface area contributed by atoms with E-state index in [1.807, 2.05) is 0 Å². The summed E-state index contributed by atoms with van der Waals surface area (Å²) in [5.74, 6) is -0.498. The molecule has 0 fully saturated rings. The highest BCUT2D eigenvalue weighted by molar-refractivity contribution is 9.11. The third-order valence-corrected chi connectivity index (χ3v) is 5.74. The first-order valence-electron chi connectivity index (χ1n) is 9.48. The van der Waals surface area contributed by atoms with E-state index in [0.29, 0.717) is 31.0 Å². The Hall–Kier alpha value is -3.28. The molecule has 0 aromatic heterocycles. The van der Waals surface area contributed by atoms with Gasteiger partial charge in [-0.15, -0.1) is 0 Å². The molecule has 34 heavy (non-hydrogen) atoms. The number of carbonyl (C=O) groups is 2. The van der Waals surface area contributed by atoms with Crippen LogP contribution < -0.4 is 15.5 Å². The van der Waals surface area contributed by atoms with E-state index in [1.165, 1.54) is 30.5 Å². The lowest BCUT2D eigenvalue weighted by molar-refractivity contribution is -0.384. The van der Waals surface area contributed by atoms with Gasteiger partial charge in [0.05, 0.1) is 30.8 Å². The van der Waals surface area contributed by atoms with Crippen molar-refractivity contribution in [2.45, 2.75) is 0 Å². The number of non-ortho nitro benzene ring substituents is 1. The summed E-state index contributed by atoms with van der Waals surface area (Å²) >= 11 is 12.8. The van der Waals surface area contributed by atoms with Crippen molar-refractivity contribution in [2.24, 2.45) is 5.10 Å². The van der Waals surface area contributed by atoms with Gasteiger partial charge in [-0.1, -0.05) is 23.7 Å². The molecule has 9 nitrogen and oxygen atoms in total. The fourth-order valence-electron chi connectivity index (χ4n) is 2.64. The number of para-hydroxylation sites is 1. The molecule has 0 saturated carbocycles. The molecule has 0 radical (unpaired) electrons. The molecule has 12 heteroatoms. The number of hydrogen-bond donors (Lipinski definition) is 2. The third kappa shape index (κ3) is 6.86. The Morgan fingerprint density at radius 1 is 1.09 bits per heavy atom. The first kappa shape index (κ1) is 25.3. The molecule has 2 amide bonds. The van der Waals surface area contributed by atoms with E-state index in [-0.39, 0.29) is 23.8 Å². The summed E-state index contributed by atoms with van der Waals surface area (Å²) in [4.78, 5) is 34.5. The van der Waals surface area contributed by atoms with Gasteiger partial charge >= 0.3 is 0 Å². The number of nitro benzene ring substituents is 1. The number of nitro groups is 1. The molecule has 0 spiro atoms. The molecule has 0 bridgehead atoms. The fourth-order valence-corrected chi connectivity index (χ4v) is 4.28. The van der Waals surface area contributed by atoms with Gasteiger partial charge in [-0.05, 0) is 73.8 Å². The van der Waals surface area contributed by atoms with Crippen molar-refractivity contribution >= 4 is 72.9 Å². The number of hydrogen-bond acceptors (Lipinski definition) is 6. The lowest BCUT2D eigenvalue weighted by Crippen LogP contribution is -2.20. The number of nitrogens with one attached hydrogen (secondary N) is 2. The molecule has 0 aliphatic rings. The summed E-state index contributed by atoms with van der Waals surface area (Å²) in [6, 6.07) is 15.4. The zero-order valence-electron chi connectivity index (χ0n) is 17.1. The van der Waals surface area contributed by atoms with Crippen LogP contribution in [0.3, 0.4) is 0 Å². The van der Waals surface area contributed by atoms with Crippen LogP contribution in [0, 0.1) is 10.1 Å². The second-order valence-corrected chi connectivity index (χ2v) is 8.75. The molecular weight excluding hydrogens is 596 g/mol. The topological polar surface area (TPSA) is 123 Å². The van der Waals surface area contributed by atoms with Crippen LogP contribution in [0.1, 0.15) is 15.9 Å². The van der Waals surface area contributed by atoms with Gasteiger partial charge in [0.1, 0.15) is 5.75 Å². The molecule has 174 valence electrons. The maximum Gasteiger partial charge on any atom is 0.271 e. The van der Waals surface area contributed by atoms with Crippen LogP contribution >= 0.6 is 43.5 Å². The van der Waals surface area contributed by atoms with E-state index in [4.69, 9.17) is 16.3 Å². The highest BCUT2D eigenvalue weighted by Gasteiger charge is 2.13. The zero-order chi connectivity index (χ0) is 24.7. The van der Waals surface area contributed by atoms with Gasteiger partial charge in [-0.2, -0.15) is 5.10 Å². The minimum atomic E-state index is -0.547. The smallest absolute Gasteiger partial charge is 0.271 e. The Bertz CT molecular complexity index is 1250. The summed E-state index contributed by atoms with van der Waals surface area (Å²) in [5.41, 5.74) is 3.57. The van der Waals surface area contributed by atoms with Gasteiger partial charge < -0.3 is 10.1 Å². The molecule has 0 aliphatic carbocycles. The summed E-state index contributed by atoms with van der Waals surface area (Å²) in [6.45, 7) is -0.249.